The van der Waals surface area contributed by atoms with Crippen LogP contribution in [-0.2, 0) is 16.0 Å². The second kappa shape index (κ2) is 5.18. The zero-order chi connectivity index (χ0) is 13.1. The molecule has 96 valence electrons. The number of hydrogen-bond acceptors (Lipinski definition) is 3. The van der Waals surface area contributed by atoms with Gasteiger partial charge in [0.05, 0.1) is 0 Å². The van der Waals surface area contributed by atoms with Crippen molar-refractivity contribution < 1.29 is 14.7 Å². The number of amides is 1. The summed E-state index contributed by atoms with van der Waals surface area (Å²) >= 11 is 0. The van der Waals surface area contributed by atoms with Gasteiger partial charge in [-0.05, 0) is 24.5 Å². The standard InChI is InChI=1S/C13H16N2O3/c1-8(13(17)18)15-12(16)11-10-5-3-2-4-9(10)6-7-14-11/h2-5,8,11,14H,6-7H2,1H3,(H,15,16)(H,17,18)/t8-,11?/m1/s1. The van der Waals surface area contributed by atoms with Crippen LogP contribution in [-0.4, -0.2) is 29.6 Å². The lowest BCUT2D eigenvalue weighted by molar-refractivity contribution is -0.141. The molecule has 0 bridgehead atoms. The summed E-state index contributed by atoms with van der Waals surface area (Å²) in [5.74, 6) is -1.33. The highest BCUT2D eigenvalue weighted by molar-refractivity contribution is 5.88. The molecule has 2 rings (SSSR count). The third-order valence-corrected chi connectivity index (χ3v) is 3.10. The van der Waals surface area contributed by atoms with E-state index in [4.69, 9.17) is 5.11 Å². The number of hydrogen-bond donors (Lipinski definition) is 3. The third-order valence-electron chi connectivity index (χ3n) is 3.10. The minimum atomic E-state index is -1.03. The van der Waals surface area contributed by atoms with Crippen LogP contribution in [0.4, 0.5) is 0 Å². The van der Waals surface area contributed by atoms with E-state index in [0.717, 1.165) is 24.1 Å². The minimum absolute atomic E-state index is 0.294. The number of rotatable bonds is 3. The van der Waals surface area contributed by atoms with Crippen LogP contribution >= 0.6 is 0 Å². The highest BCUT2D eigenvalue weighted by atomic mass is 16.4. The van der Waals surface area contributed by atoms with Crippen molar-refractivity contribution in [3.05, 3.63) is 35.4 Å². The molecule has 1 aliphatic heterocycles. The first kappa shape index (κ1) is 12.6. The van der Waals surface area contributed by atoms with E-state index in [-0.39, 0.29) is 5.91 Å². The Hall–Kier alpha value is -1.88. The Morgan fingerprint density at radius 3 is 2.89 bits per heavy atom. The van der Waals surface area contributed by atoms with Crippen LogP contribution in [0.1, 0.15) is 24.1 Å². The van der Waals surface area contributed by atoms with E-state index in [1.165, 1.54) is 6.92 Å². The van der Waals surface area contributed by atoms with Gasteiger partial charge in [-0.2, -0.15) is 0 Å². The van der Waals surface area contributed by atoms with Gasteiger partial charge in [-0.1, -0.05) is 24.3 Å². The molecule has 18 heavy (non-hydrogen) atoms. The van der Waals surface area contributed by atoms with E-state index >= 15 is 0 Å². The van der Waals surface area contributed by atoms with Gasteiger partial charge in [0, 0.05) is 6.54 Å². The van der Waals surface area contributed by atoms with Gasteiger partial charge in [0.25, 0.3) is 0 Å². The van der Waals surface area contributed by atoms with Crippen LogP contribution in [0.3, 0.4) is 0 Å². The molecule has 0 aromatic heterocycles. The molecule has 3 N–H and O–H groups in total. The third kappa shape index (κ3) is 2.51. The van der Waals surface area contributed by atoms with Crippen molar-refractivity contribution in [3.63, 3.8) is 0 Å². The molecule has 1 unspecified atom stereocenters. The smallest absolute Gasteiger partial charge is 0.325 e. The summed E-state index contributed by atoms with van der Waals surface area (Å²) in [4.78, 5) is 22.8. The molecule has 0 fully saturated rings. The Bertz CT molecular complexity index is 473. The number of benzene rings is 1. The van der Waals surface area contributed by atoms with Crippen LogP contribution in [0.5, 0.6) is 0 Å². The number of aliphatic carboxylic acids is 1. The summed E-state index contributed by atoms with van der Waals surface area (Å²) in [6.45, 7) is 2.17. The lowest BCUT2D eigenvalue weighted by Gasteiger charge is -2.26. The molecule has 5 heteroatoms. The zero-order valence-electron chi connectivity index (χ0n) is 10.1. The Morgan fingerprint density at radius 1 is 1.44 bits per heavy atom. The van der Waals surface area contributed by atoms with Crippen molar-refractivity contribution in [3.8, 4) is 0 Å². The maximum atomic E-state index is 12.0. The van der Waals surface area contributed by atoms with Gasteiger partial charge in [0.2, 0.25) is 5.91 Å². The Balaban J connectivity index is 2.15. The lowest BCUT2D eigenvalue weighted by atomic mass is 9.94. The monoisotopic (exact) mass is 248 g/mol. The number of carboxylic acids is 1. The quantitative estimate of drug-likeness (QED) is 0.726. The largest absolute Gasteiger partial charge is 0.480 e. The van der Waals surface area contributed by atoms with E-state index in [1.807, 2.05) is 24.3 Å². The van der Waals surface area contributed by atoms with E-state index in [2.05, 4.69) is 10.6 Å². The molecule has 0 spiro atoms. The molecule has 5 nitrogen and oxygen atoms in total. The first-order chi connectivity index (χ1) is 8.59. The van der Waals surface area contributed by atoms with Gasteiger partial charge in [0.15, 0.2) is 0 Å². The van der Waals surface area contributed by atoms with Gasteiger partial charge in [-0.3, -0.25) is 9.59 Å². The average Bonchev–Trinajstić information content (AvgIpc) is 2.37. The van der Waals surface area contributed by atoms with Gasteiger partial charge in [-0.25, -0.2) is 0 Å². The molecule has 0 aliphatic carbocycles. The number of fused-ring (bicyclic) bond motifs is 1. The fourth-order valence-electron chi connectivity index (χ4n) is 2.10. The van der Waals surface area contributed by atoms with Crippen LogP contribution in [0, 0.1) is 0 Å². The van der Waals surface area contributed by atoms with E-state index < -0.39 is 18.1 Å². The normalized spacial score (nSPS) is 19.7. The summed E-state index contributed by atoms with van der Waals surface area (Å²) < 4.78 is 0. The fourth-order valence-corrected chi connectivity index (χ4v) is 2.10. The first-order valence-corrected chi connectivity index (χ1v) is 5.94. The summed E-state index contributed by atoms with van der Waals surface area (Å²) in [7, 11) is 0. The molecule has 1 aromatic carbocycles. The SMILES string of the molecule is C[C@@H](NC(=O)C1NCCc2ccccc21)C(=O)O. The summed E-state index contributed by atoms with van der Waals surface area (Å²) in [6.07, 6.45) is 0.883. The van der Waals surface area contributed by atoms with Crippen molar-refractivity contribution >= 4 is 11.9 Å². The van der Waals surface area contributed by atoms with Gasteiger partial charge in [0.1, 0.15) is 12.1 Å². The predicted octanol–water partition coefficient (Wildman–Crippen LogP) is 0.463. The van der Waals surface area contributed by atoms with Crippen LogP contribution < -0.4 is 10.6 Å². The van der Waals surface area contributed by atoms with Crippen molar-refractivity contribution in [1.29, 1.82) is 0 Å². The van der Waals surface area contributed by atoms with Crippen molar-refractivity contribution in [2.45, 2.75) is 25.4 Å². The van der Waals surface area contributed by atoms with E-state index in [9.17, 15) is 9.59 Å². The molecule has 1 heterocycles. The van der Waals surface area contributed by atoms with Gasteiger partial charge in [-0.15, -0.1) is 0 Å². The van der Waals surface area contributed by atoms with Gasteiger partial charge >= 0.3 is 5.97 Å². The molecular weight excluding hydrogens is 232 g/mol. The Kier molecular flexibility index (Phi) is 3.62. The Morgan fingerprint density at radius 2 is 2.17 bits per heavy atom. The molecular formula is C13H16N2O3. The molecule has 1 aromatic rings. The molecule has 1 amide bonds. The second-order valence-electron chi connectivity index (χ2n) is 4.40. The zero-order valence-corrected chi connectivity index (χ0v) is 10.1. The summed E-state index contributed by atoms with van der Waals surface area (Å²) in [5, 5.41) is 14.4. The van der Waals surface area contributed by atoms with Crippen molar-refractivity contribution in [2.24, 2.45) is 0 Å². The highest BCUT2D eigenvalue weighted by Gasteiger charge is 2.27. The van der Waals surface area contributed by atoms with Crippen molar-refractivity contribution in [2.75, 3.05) is 6.54 Å². The summed E-state index contributed by atoms with van der Waals surface area (Å²) in [5.41, 5.74) is 2.07. The maximum absolute atomic E-state index is 12.0. The van der Waals surface area contributed by atoms with Crippen molar-refractivity contribution in [1.82, 2.24) is 10.6 Å². The Labute approximate surface area is 105 Å². The lowest BCUT2D eigenvalue weighted by Crippen LogP contribution is -2.46. The topological polar surface area (TPSA) is 78.4 Å². The first-order valence-electron chi connectivity index (χ1n) is 5.94. The van der Waals surface area contributed by atoms with E-state index in [0.29, 0.717) is 0 Å². The predicted molar refractivity (Wildman–Crippen MR) is 66.1 cm³/mol. The maximum Gasteiger partial charge on any atom is 0.325 e. The number of carbonyl (C=O) groups excluding carboxylic acids is 1. The number of carboxylic acid groups (broad SMARTS) is 1. The molecule has 2 atom stereocenters. The summed E-state index contributed by atoms with van der Waals surface area (Å²) in [6, 6.07) is 6.38. The fraction of sp³-hybridized carbons (Fsp3) is 0.385. The molecule has 0 radical (unpaired) electrons. The number of carbonyl (C=O) groups is 2. The number of nitrogens with one attached hydrogen (secondary N) is 2. The average molecular weight is 248 g/mol. The van der Waals surface area contributed by atoms with Crippen LogP contribution in [0.2, 0.25) is 0 Å². The molecule has 1 aliphatic rings. The second-order valence-corrected chi connectivity index (χ2v) is 4.40. The van der Waals surface area contributed by atoms with Crippen LogP contribution in [0.25, 0.3) is 0 Å². The molecule has 0 saturated heterocycles. The molecule has 0 saturated carbocycles. The van der Waals surface area contributed by atoms with Gasteiger partial charge < -0.3 is 15.7 Å². The highest BCUT2D eigenvalue weighted by Crippen LogP contribution is 2.22. The van der Waals surface area contributed by atoms with Crippen LogP contribution in [0.15, 0.2) is 24.3 Å². The minimum Gasteiger partial charge on any atom is -0.480 e. The van der Waals surface area contributed by atoms with E-state index in [1.54, 1.807) is 0 Å².